The molecule has 27 heavy (non-hydrogen) atoms. The first-order chi connectivity index (χ1) is 12.8. The van der Waals surface area contributed by atoms with Crippen LogP contribution in [-0.4, -0.2) is 26.2 Å². The molecule has 8 heteroatoms. The van der Waals surface area contributed by atoms with Crippen LogP contribution in [0.5, 0.6) is 0 Å². The molecule has 3 rings (SSSR count). The number of hydrogen-bond acceptors (Lipinski definition) is 4. The predicted molar refractivity (Wildman–Crippen MR) is 100 cm³/mol. The molecular weight excluding hydrogens is 369 g/mol. The lowest BCUT2D eigenvalue weighted by molar-refractivity contribution is -0.123. The maximum absolute atomic E-state index is 13.0. The van der Waals surface area contributed by atoms with Crippen LogP contribution in [0.3, 0.4) is 0 Å². The van der Waals surface area contributed by atoms with Gasteiger partial charge in [0.1, 0.15) is 17.7 Å². The van der Waals surface area contributed by atoms with Gasteiger partial charge in [-0.15, -0.1) is 0 Å². The van der Waals surface area contributed by atoms with Crippen LogP contribution in [0.1, 0.15) is 25.0 Å². The molecule has 1 heterocycles. The molecule has 6 nitrogen and oxygen atoms in total. The fourth-order valence-corrected chi connectivity index (χ4v) is 4.01. The summed E-state index contributed by atoms with van der Waals surface area (Å²) >= 11 is 0. The third kappa shape index (κ3) is 4.16. The van der Waals surface area contributed by atoms with Crippen molar-refractivity contribution in [2.75, 3.05) is 0 Å². The first-order valence-electron chi connectivity index (χ1n) is 8.50. The number of hydrogen-bond donors (Lipinski definition) is 2. The highest BCUT2D eigenvalue weighted by Gasteiger charge is 2.32. The number of carbonyl (C=O) groups is 1. The Morgan fingerprint density at radius 1 is 1.15 bits per heavy atom. The van der Waals surface area contributed by atoms with Crippen molar-refractivity contribution >= 4 is 21.8 Å². The molecule has 2 aromatic carbocycles. The van der Waals surface area contributed by atoms with E-state index in [0.717, 1.165) is 5.56 Å². The predicted octanol–water partition coefficient (Wildman–Crippen LogP) is 2.21. The number of rotatable bonds is 5. The lowest BCUT2D eigenvalue weighted by Gasteiger charge is -2.17. The minimum Gasteiger partial charge on any atom is -0.350 e. The molecule has 2 aromatic rings. The third-order valence-corrected chi connectivity index (χ3v) is 5.61. The number of sulfonamides is 1. The highest BCUT2D eigenvalue weighted by Crippen LogP contribution is 2.23. The van der Waals surface area contributed by atoms with Gasteiger partial charge in [0.25, 0.3) is 10.0 Å². The van der Waals surface area contributed by atoms with Gasteiger partial charge in [-0.1, -0.05) is 38.1 Å². The Labute approximate surface area is 157 Å². The first-order valence-corrected chi connectivity index (χ1v) is 9.98. The van der Waals surface area contributed by atoms with E-state index in [0.29, 0.717) is 5.56 Å². The Morgan fingerprint density at radius 3 is 2.48 bits per heavy atom. The monoisotopic (exact) mass is 389 g/mol. The zero-order chi connectivity index (χ0) is 19.6. The standard InChI is InChI=1S/C19H20FN3O3S/c1-12(2)17(19(24)21-11-13-7-9-14(20)10-8-13)22-18-15-5-3-4-6-16(15)27(25,26)23-18/h3-10,12,17H,11H2,1-2H3,(H,21,24)(H,22,23)/t17-/m1/s1. The van der Waals surface area contributed by atoms with E-state index in [1.807, 2.05) is 13.8 Å². The number of aliphatic imine (C=N–C) groups is 1. The van der Waals surface area contributed by atoms with Gasteiger partial charge in [0.05, 0.1) is 4.90 Å². The van der Waals surface area contributed by atoms with Gasteiger partial charge < -0.3 is 5.32 Å². The van der Waals surface area contributed by atoms with Crippen molar-refractivity contribution in [2.24, 2.45) is 10.9 Å². The first kappa shape index (κ1) is 19.0. The molecule has 0 unspecified atom stereocenters. The molecule has 0 aromatic heterocycles. The number of halogens is 1. The summed E-state index contributed by atoms with van der Waals surface area (Å²) in [5.74, 6) is -0.654. The molecule has 0 fully saturated rings. The van der Waals surface area contributed by atoms with Crippen molar-refractivity contribution in [1.82, 2.24) is 10.0 Å². The lowest BCUT2D eigenvalue weighted by atomic mass is 10.0. The maximum atomic E-state index is 13.0. The summed E-state index contributed by atoms with van der Waals surface area (Å²) in [4.78, 5) is 17.2. The van der Waals surface area contributed by atoms with E-state index in [9.17, 15) is 17.6 Å². The van der Waals surface area contributed by atoms with Gasteiger partial charge in [0.15, 0.2) is 0 Å². The third-order valence-electron chi connectivity index (χ3n) is 4.21. The Hall–Kier alpha value is -2.74. The number of fused-ring (bicyclic) bond motifs is 1. The van der Waals surface area contributed by atoms with Gasteiger partial charge in [-0.05, 0) is 35.7 Å². The summed E-state index contributed by atoms with van der Waals surface area (Å²) in [7, 11) is -3.66. The van der Waals surface area contributed by atoms with Gasteiger partial charge in [-0.25, -0.2) is 12.8 Å². The molecule has 142 valence electrons. The molecule has 0 bridgehead atoms. The van der Waals surface area contributed by atoms with Crippen LogP contribution in [-0.2, 0) is 21.4 Å². The Kier molecular flexibility index (Phi) is 5.27. The molecule has 0 spiro atoms. The highest BCUT2D eigenvalue weighted by atomic mass is 32.2. The van der Waals surface area contributed by atoms with Crippen molar-refractivity contribution in [2.45, 2.75) is 31.3 Å². The van der Waals surface area contributed by atoms with Crippen molar-refractivity contribution in [1.29, 1.82) is 0 Å². The van der Waals surface area contributed by atoms with Crippen molar-refractivity contribution in [3.05, 3.63) is 65.5 Å². The molecule has 1 atom stereocenters. The van der Waals surface area contributed by atoms with Crippen LogP contribution < -0.4 is 10.0 Å². The fourth-order valence-electron chi connectivity index (χ4n) is 2.78. The molecule has 1 aliphatic rings. The SMILES string of the molecule is CC(C)[C@@H](N=C1NS(=O)(=O)c2ccccc21)C(=O)NCc1ccc(F)cc1. The number of nitrogens with one attached hydrogen (secondary N) is 2. The second-order valence-corrected chi connectivity index (χ2v) is 8.26. The van der Waals surface area contributed by atoms with Crippen molar-refractivity contribution in [3.63, 3.8) is 0 Å². The van der Waals surface area contributed by atoms with Gasteiger partial charge in [0, 0.05) is 12.1 Å². The average molecular weight is 389 g/mol. The number of amides is 1. The Balaban J connectivity index is 1.81. The van der Waals surface area contributed by atoms with Crippen molar-refractivity contribution < 1.29 is 17.6 Å². The van der Waals surface area contributed by atoms with Crippen LogP contribution in [0.4, 0.5) is 4.39 Å². The van der Waals surface area contributed by atoms with Crippen LogP contribution in [0.25, 0.3) is 0 Å². The van der Waals surface area contributed by atoms with E-state index in [2.05, 4.69) is 15.0 Å². The zero-order valence-corrected chi connectivity index (χ0v) is 15.8. The largest absolute Gasteiger partial charge is 0.350 e. The van der Waals surface area contributed by atoms with Crippen LogP contribution in [0.2, 0.25) is 0 Å². The van der Waals surface area contributed by atoms with E-state index < -0.39 is 16.1 Å². The Bertz CT molecular complexity index is 986. The molecular formula is C19H20FN3O3S. The number of carbonyl (C=O) groups excluding carboxylic acids is 1. The molecule has 0 saturated heterocycles. The lowest BCUT2D eigenvalue weighted by Crippen LogP contribution is -2.38. The van der Waals surface area contributed by atoms with E-state index in [4.69, 9.17) is 0 Å². The highest BCUT2D eigenvalue weighted by molar-refractivity contribution is 7.90. The average Bonchev–Trinajstić information content (AvgIpc) is 2.89. The van der Waals surface area contributed by atoms with Crippen LogP contribution >= 0.6 is 0 Å². The summed E-state index contributed by atoms with van der Waals surface area (Å²) in [6, 6.07) is 11.6. The summed E-state index contributed by atoms with van der Waals surface area (Å²) in [5.41, 5.74) is 1.21. The molecule has 0 radical (unpaired) electrons. The molecule has 2 N–H and O–H groups in total. The van der Waals surface area contributed by atoms with E-state index in [1.165, 1.54) is 18.2 Å². The quantitative estimate of drug-likeness (QED) is 0.822. The van der Waals surface area contributed by atoms with Gasteiger partial charge in [0.2, 0.25) is 5.91 Å². The van der Waals surface area contributed by atoms with E-state index in [1.54, 1.807) is 30.3 Å². The van der Waals surface area contributed by atoms with E-state index in [-0.39, 0.29) is 34.9 Å². The van der Waals surface area contributed by atoms with Crippen LogP contribution in [0.15, 0.2) is 58.4 Å². The summed E-state index contributed by atoms with van der Waals surface area (Å²) in [5, 5.41) is 2.77. The fraction of sp³-hybridized carbons (Fsp3) is 0.263. The smallest absolute Gasteiger partial charge is 0.263 e. The second kappa shape index (κ2) is 7.48. The minimum absolute atomic E-state index is 0.150. The topological polar surface area (TPSA) is 87.6 Å². The van der Waals surface area contributed by atoms with Gasteiger partial charge >= 0.3 is 0 Å². The number of amidine groups is 1. The molecule has 1 amide bonds. The molecule has 1 aliphatic heterocycles. The summed E-state index contributed by atoms with van der Waals surface area (Å²) in [6.07, 6.45) is 0. The molecule has 0 saturated carbocycles. The normalized spacial score (nSPS) is 17.4. The molecule has 0 aliphatic carbocycles. The summed E-state index contributed by atoms with van der Waals surface area (Å²) in [6.45, 7) is 3.90. The van der Waals surface area contributed by atoms with Gasteiger partial charge in [-0.3, -0.25) is 14.5 Å². The maximum Gasteiger partial charge on any atom is 0.263 e. The Morgan fingerprint density at radius 2 is 1.81 bits per heavy atom. The number of benzene rings is 2. The van der Waals surface area contributed by atoms with Crippen molar-refractivity contribution in [3.8, 4) is 0 Å². The summed E-state index contributed by atoms with van der Waals surface area (Å²) < 4.78 is 39.8. The van der Waals surface area contributed by atoms with E-state index >= 15 is 0 Å². The van der Waals surface area contributed by atoms with Crippen LogP contribution in [0, 0.1) is 11.7 Å². The van der Waals surface area contributed by atoms with Gasteiger partial charge in [-0.2, -0.15) is 0 Å². The zero-order valence-electron chi connectivity index (χ0n) is 14.9. The number of nitrogens with zero attached hydrogens (tertiary/aromatic N) is 1. The second-order valence-electron chi connectivity index (χ2n) is 6.61. The minimum atomic E-state index is -3.66.